The fraction of sp³-hybridized carbons (Fsp3) is 0.636. The van der Waals surface area contributed by atoms with Crippen LogP contribution in [0.5, 0.6) is 0 Å². The van der Waals surface area contributed by atoms with Crippen molar-refractivity contribution in [2.45, 2.75) is 33.7 Å². The zero-order valence-corrected chi connectivity index (χ0v) is 10.2. The number of nitrogens with one attached hydrogen (secondary N) is 1. The molecule has 3 N–H and O–H groups in total. The highest BCUT2D eigenvalue weighted by Crippen LogP contribution is 2.04. The number of nitrogens with zero attached hydrogens (tertiary/aromatic N) is 2. The van der Waals surface area contributed by atoms with Gasteiger partial charge in [0.2, 0.25) is 0 Å². The molecule has 0 aromatic heterocycles. The van der Waals surface area contributed by atoms with E-state index in [0.29, 0.717) is 5.84 Å². The third kappa shape index (κ3) is 5.32. The van der Waals surface area contributed by atoms with Gasteiger partial charge in [0.15, 0.2) is 5.84 Å². The first-order valence-corrected chi connectivity index (χ1v) is 5.21. The summed E-state index contributed by atoms with van der Waals surface area (Å²) in [6.07, 6.45) is 0. The van der Waals surface area contributed by atoms with Crippen molar-refractivity contribution in [3.8, 4) is 0 Å². The Labute approximate surface area is 92.4 Å². The van der Waals surface area contributed by atoms with E-state index in [4.69, 9.17) is 5.73 Å². The van der Waals surface area contributed by atoms with Gasteiger partial charge in [-0.1, -0.05) is 6.92 Å². The van der Waals surface area contributed by atoms with Crippen molar-refractivity contribution in [2.75, 3.05) is 13.1 Å². The molecule has 0 aliphatic heterocycles. The van der Waals surface area contributed by atoms with Crippen molar-refractivity contribution >= 4 is 12.6 Å². The molecular weight excluding hydrogens is 188 g/mol. The molecule has 0 bridgehead atoms. The van der Waals surface area contributed by atoms with E-state index in [0.717, 1.165) is 24.4 Å². The van der Waals surface area contributed by atoms with E-state index in [1.165, 1.54) is 0 Å². The molecule has 0 radical (unpaired) electrons. The number of likely N-dealkylation sites (N-methyl/N-ethyl adjacent to an activating group) is 1. The van der Waals surface area contributed by atoms with Crippen molar-refractivity contribution in [3.63, 3.8) is 0 Å². The summed E-state index contributed by atoms with van der Waals surface area (Å²) < 4.78 is 0. The van der Waals surface area contributed by atoms with E-state index in [1.54, 1.807) is 0 Å². The van der Waals surface area contributed by atoms with E-state index in [1.807, 2.05) is 20.8 Å². The van der Waals surface area contributed by atoms with Crippen molar-refractivity contribution in [2.24, 2.45) is 15.7 Å². The van der Waals surface area contributed by atoms with Crippen LogP contribution in [0.4, 0.5) is 0 Å². The smallest absolute Gasteiger partial charge is 0.151 e. The highest BCUT2D eigenvalue weighted by molar-refractivity contribution is 6.01. The summed E-state index contributed by atoms with van der Waals surface area (Å²) in [4.78, 5) is 8.33. The summed E-state index contributed by atoms with van der Waals surface area (Å²) in [5.41, 5.74) is 7.31. The summed E-state index contributed by atoms with van der Waals surface area (Å²) in [7, 11) is 0. The molecule has 0 aliphatic carbocycles. The molecule has 0 aromatic carbocycles. The van der Waals surface area contributed by atoms with E-state index in [-0.39, 0.29) is 6.04 Å². The van der Waals surface area contributed by atoms with Gasteiger partial charge in [-0.2, -0.15) is 0 Å². The largest absolute Gasteiger partial charge is 0.402 e. The lowest BCUT2D eigenvalue weighted by Gasteiger charge is -2.09. The van der Waals surface area contributed by atoms with Gasteiger partial charge < -0.3 is 11.1 Å². The minimum absolute atomic E-state index is 0.180. The Bertz CT molecular complexity index is 262. The first-order valence-electron chi connectivity index (χ1n) is 5.21. The Morgan fingerprint density at radius 2 is 2.07 bits per heavy atom. The van der Waals surface area contributed by atoms with Gasteiger partial charge >= 0.3 is 0 Å². The zero-order valence-electron chi connectivity index (χ0n) is 10.2. The fourth-order valence-electron chi connectivity index (χ4n) is 1.04. The molecule has 0 heterocycles. The van der Waals surface area contributed by atoms with Gasteiger partial charge in [-0.25, -0.2) is 4.99 Å². The summed E-state index contributed by atoms with van der Waals surface area (Å²) in [5, 5.41) is 3.23. The molecule has 0 spiro atoms. The molecule has 0 aliphatic rings. The van der Waals surface area contributed by atoms with Gasteiger partial charge in [-0.15, -0.1) is 0 Å². The maximum absolute atomic E-state index is 5.68. The topological polar surface area (TPSA) is 62.8 Å². The summed E-state index contributed by atoms with van der Waals surface area (Å²) >= 11 is 0. The second-order valence-corrected chi connectivity index (χ2v) is 3.58. The van der Waals surface area contributed by atoms with Crippen LogP contribution in [0, 0.1) is 0 Å². The van der Waals surface area contributed by atoms with Crippen LogP contribution < -0.4 is 11.1 Å². The maximum atomic E-state index is 5.68. The number of aliphatic imine (C=N–C) groups is 2. The lowest BCUT2D eigenvalue weighted by molar-refractivity contribution is 0.628. The number of allylic oxidation sites excluding steroid dienone is 1. The molecule has 0 saturated carbocycles. The lowest BCUT2D eigenvalue weighted by atomic mass is 10.2. The van der Waals surface area contributed by atoms with Gasteiger partial charge in [0.1, 0.15) is 0 Å². The van der Waals surface area contributed by atoms with Crippen LogP contribution >= 0.6 is 0 Å². The second kappa shape index (κ2) is 7.17. The standard InChI is InChI=1S/C11H22N4/c1-6-14-7-8(2)15-11(13-5)9(3)10(4)12/h8,14H,5-7,12H2,1-4H3/t8-/m1/s1. The maximum Gasteiger partial charge on any atom is 0.151 e. The van der Waals surface area contributed by atoms with Crippen LogP contribution in [0.1, 0.15) is 27.7 Å². The van der Waals surface area contributed by atoms with Crippen LogP contribution in [-0.2, 0) is 0 Å². The van der Waals surface area contributed by atoms with Gasteiger partial charge in [-0.3, -0.25) is 4.99 Å². The molecule has 0 amide bonds. The number of nitrogens with two attached hydrogens (primary N) is 1. The fourth-order valence-corrected chi connectivity index (χ4v) is 1.04. The Morgan fingerprint density at radius 3 is 2.47 bits per heavy atom. The van der Waals surface area contributed by atoms with E-state index in [2.05, 4.69) is 28.9 Å². The predicted octanol–water partition coefficient (Wildman–Crippen LogP) is 1.34. The van der Waals surface area contributed by atoms with Crippen LogP contribution in [0.15, 0.2) is 21.3 Å². The van der Waals surface area contributed by atoms with Crippen molar-refractivity contribution in [3.05, 3.63) is 11.3 Å². The summed E-state index contributed by atoms with van der Waals surface area (Å²) in [5.74, 6) is 0.639. The SMILES string of the molecule is C=NC(=N[C@H](C)CNCC)C(C)=C(C)N. The normalized spacial score (nSPS) is 15.9. The molecule has 0 aromatic rings. The van der Waals surface area contributed by atoms with Crippen LogP contribution in [-0.4, -0.2) is 31.7 Å². The Morgan fingerprint density at radius 1 is 1.47 bits per heavy atom. The van der Waals surface area contributed by atoms with E-state index < -0.39 is 0 Å². The summed E-state index contributed by atoms with van der Waals surface area (Å²) in [6.45, 7) is 13.1. The average molecular weight is 210 g/mol. The van der Waals surface area contributed by atoms with Crippen LogP contribution in [0.2, 0.25) is 0 Å². The molecule has 86 valence electrons. The zero-order chi connectivity index (χ0) is 11.8. The molecule has 0 fully saturated rings. The van der Waals surface area contributed by atoms with Crippen molar-refractivity contribution < 1.29 is 0 Å². The molecule has 0 rings (SSSR count). The monoisotopic (exact) mass is 210 g/mol. The first kappa shape index (κ1) is 13.8. The van der Waals surface area contributed by atoms with Crippen LogP contribution in [0.25, 0.3) is 0 Å². The van der Waals surface area contributed by atoms with Crippen molar-refractivity contribution in [1.29, 1.82) is 0 Å². The predicted molar refractivity (Wildman–Crippen MR) is 67.6 cm³/mol. The molecule has 0 unspecified atom stereocenters. The van der Waals surface area contributed by atoms with Gasteiger partial charge in [0, 0.05) is 17.8 Å². The Hall–Kier alpha value is -1.16. The third-order valence-electron chi connectivity index (χ3n) is 2.11. The molecular formula is C11H22N4. The number of hydrogen-bond donors (Lipinski definition) is 2. The quantitative estimate of drug-likeness (QED) is 0.531. The number of amidine groups is 1. The highest BCUT2D eigenvalue weighted by Gasteiger charge is 2.04. The summed E-state index contributed by atoms with van der Waals surface area (Å²) in [6, 6.07) is 0.180. The Balaban J connectivity index is 4.60. The first-order chi connectivity index (χ1) is 7.02. The van der Waals surface area contributed by atoms with E-state index >= 15 is 0 Å². The molecule has 4 heteroatoms. The number of hydrogen-bond acceptors (Lipinski definition) is 3. The van der Waals surface area contributed by atoms with Crippen molar-refractivity contribution in [1.82, 2.24) is 5.32 Å². The second-order valence-electron chi connectivity index (χ2n) is 3.58. The average Bonchev–Trinajstić information content (AvgIpc) is 2.21. The van der Waals surface area contributed by atoms with E-state index in [9.17, 15) is 0 Å². The molecule has 0 saturated heterocycles. The van der Waals surface area contributed by atoms with Gasteiger partial charge in [0.05, 0.1) is 6.04 Å². The highest BCUT2D eigenvalue weighted by atomic mass is 15.0. The van der Waals surface area contributed by atoms with Gasteiger partial charge in [-0.05, 0) is 34.0 Å². The number of rotatable bonds is 5. The third-order valence-corrected chi connectivity index (χ3v) is 2.11. The molecule has 4 nitrogen and oxygen atoms in total. The van der Waals surface area contributed by atoms with Crippen LogP contribution in [0.3, 0.4) is 0 Å². The molecule has 15 heavy (non-hydrogen) atoms. The minimum Gasteiger partial charge on any atom is -0.402 e. The Kier molecular flexibility index (Phi) is 6.62. The minimum atomic E-state index is 0.180. The lowest BCUT2D eigenvalue weighted by Crippen LogP contribution is -2.24. The molecule has 1 atom stereocenters. The van der Waals surface area contributed by atoms with Gasteiger partial charge in [0.25, 0.3) is 0 Å².